The van der Waals surface area contributed by atoms with E-state index in [1.807, 2.05) is 26.8 Å². The third kappa shape index (κ3) is 19.0. The highest BCUT2D eigenvalue weighted by molar-refractivity contribution is 8.73. The number of hydrogen-bond acceptors (Lipinski definition) is 13. The van der Waals surface area contributed by atoms with Gasteiger partial charge in [0.1, 0.15) is 23.8 Å². The van der Waals surface area contributed by atoms with E-state index in [9.17, 15) is 47.4 Å². The number of ketones is 2. The molecule has 4 bridgehead atoms. The monoisotopic (exact) mass is 1460 g/mol. The Labute approximate surface area is 531 Å². The molecular weight excluding hydrogens is 1380 g/mol. The Bertz CT molecular complexity index is 2850. The first-order chi connectivity index (χ1) is 36.9. The third-order valence-electron chi connectivity index (χ3n) is 18.3. The maximum absolute atomic E-state index is 13.2. The summed E-state index contributed by atoms with van der Waals surface area (Å²) in [4.78, 5) is 59.7. The van der Waals surface area contributed by atoms with Crippen molar-refractivity contribution in [3.05, 3.63) is 25.3 Å². The van der Waals surface area contributed by atoms with Gasteiger partial charge in [-0.25, -0.2) is 4.79 Å². The molecule has 0 heterocycles. The van der Waals surface area contributed by atoms with Crippen LogP contribution >= 0.6 is 0 Å². The van der Waals surface area contributed by atoms with Crippen LogP contribution in [-0.4, -0.2) is 75.4 Å². The van der Waals surface area contributed by atoms with Crippen LogP contribution in [0.25, 0.3) is 0 Å². The quantitative estimate of drug-likeness (QED) is 0.170. The van der Waals surface area contributed by atoms with Crippen LogP contribution in [0.4, 0.5) is 13.2 Å². The molecule has 80 heavy (non-hydrogen) atoms. The lowest BCUT2D eigenvalue weighted by Gasteiger charge is -2.61. The molecule has 6 fully saturated rings. The fraction of sp³-hybridized carbons (Fsp3) is 0.816. The van der Waals surface area contributed by atoms with Gasteiger partial charge in [-0.05, 0) is 80.0 Å². The molecule has 0 aromatic heterocycles. The molecule has 0 spiro atoms. The minimum Gasteiger partial charge on any atom is -0.481 e. The number of ether oxygens (including phenoxy) is 2. The van der Waals surface area contributed by atoms with E-state index in [1.165, 1.54) is 41.6 Å². The number of aliphatic carboxylic acids is 1. The number of carbonyl (C=O) groups is 5. The summed E-state index contributed by atoms with van der Waals surface area (Å²) in [6.07, 6.45) is 1.98. The molecule has 6 saturated carbocycles. The lowest BCUT2D eigenvalue weighted by atomic mass is 9.44. The largest absolute Gasteiger partial charge is 0.490 e. The van der Waals surface area contributed by atoms with Crippen molar-refractivity contribution in [2.75, 3.05) is 0 Å². The van der Waals surface area contributed by atoms with Gasteiger partial charge in [0, 0.05) is 234 Å². The van der Waals surface area contributed by atoms with Crippen molar-refractivity contribution in [2.45, 2.75) is 184 Å². The highest BCUT2D eigenvalue weighted by Gasteiger charge is 2.70. The molecule has 0 aliphatic heterocycles. The molecule has 0 saturated heterocycles. The zero-order chi connectivity index (χ0) is 60.4. The van der Waals surface area contributed by atoms with Gasteiger partial charge in [0.05, 0.1) is 12.2 Å². The fourth-order valence-electron chi connectivity index (χ4n) is 13.6. The van der Waals surface area contributed by atoms with Crippen LogP contribution in [0, 0.1) is 68.0 Å². The minimum atomic E-state index is -5.11. The summed E-state index contributed by atoms with van der Waals surface area (Å²) < 4.78 is 50.2. The first-order valence-corrected chi connectivity index (χ1v) is 46.5. The first-order valence-electron chi connectivity index (χ1n) is 25.1. The van der Waals surface area contributed by atoms with Gasteiger partial charge >= 0.3 is 24.1 Å². The van der Waals surface area contributed by atoms with Crippen LogP contribution in [0.3, 0.4) is 0 Å². The van der Waals surface area contributed by atoms with E-state index in [0.717, 1.165) is 25.7 Å². The van der Waals surface area contributed by atoms with Gasteiger partial charge in [0.15, 0.2) is 0 Å². The third-order valence-corrected chi connectivity index (χ3v) is 44.9. The highest BCUT2D eigenvalue weighted by Crippen LogP contribution is 2.69. The second kappa shape index (κ2) is 35.8. The standard InChI is InChI=1S/C23H36O4.C22H31F3O4.C3H6O2.CH4.S10.S8/c1-7-18(25)27-17-13-21(5,8-2)20(26)15(4)23-11-9-14(3)22(17,6)19(23)16(24)10-12-23;1-6-19(4)11-15(27)20(5)12(2)7-9-21(10-8-14(26)16(20)21)13(3)17(19)29-18(28)22(23,24)25;1-2-3(4)5;;1-3-5-7-9-10-8-6-4-2;1-3-5-7-8-6-4-2/h8,14-15,17,19-20,26H,2,7,9-13H2,1,3-6H3;6,12-13,15-17,27H,1,7-11H2,2-5H3;2H2,1H3,(H,4,5);1H4;;/t14-,15+,17-,19?,20+,21+,22+,23-;12-,13+,15-,16?,17+,19+,20+,21-;;;;/m11..../s1. The number of alkyl halides is 3. The summed E-state index contributed by atoms with van der Waals surface area (Å²) in [5.74, 6) is -3.56. The molecule has 0 radical (unpaired) electrons. The van der Waals surface area contributed by atoms with E-state index in [-0.39, 0.29) is 61.1 Å². The zero-order valence-corrected chi connectivity index (χ0v) is 60.2. The smallest absolute Gasteiger partial charge is 0.481 e. The molecule has 2 unspecified atom stereocenters. The van der Waals surface area contributed by atoms with E-state index in [2.05, 4.69) is 78.7 Å². The molecule has 462 valence electrons. The van der Waals surface area contributed by atoms with Gasteiger partial charge in [-0.1, -0.05) is 88.8 Å². The van der Waals surface area contributed by atoms with Crippen molar-refractivity contribution in [2.24, 2.45) is 68.0 Å². The molecule has 0 aromatic rings. The maximum Gasteiger partial charge on any atom is 0.490 e. The Morgan fingerprint density at radius 1 is 0.637 bits per heavy atom. The van der Waals surface area contributed by atoms with E-state index >= 15 is 0 Å². The van der Waals surface area contributed by atoms with Gasteiger partial charge in [-0.3, -0.25) is 19.2 Å². The molecular formula is C49H77F3O10S18. The topological polar surface area (TPSA) is 164 Å². The summed E-state index contributed by atoms with van der Waals surface area (Å²) in [6, 6.07) is 0. The van der Waals surface area contributed by atoms with Gasteiger partial charge in [-0.15, -0.1) is 13.2 Å². The van der Waals surface area contributed by atoms with Crippen molar-refractivity contribution in [1.82, 2.24) is 0 Å². The number of aliphatic hydroxyl groups excluding tert-OH is 2. The van der Waals surface area contributed by atoms with Crippen molar-refractivity contribution in [3.8, 4) is 0 Å². The lowest BCUT2D eigenvalue weighted by molar-refractivity contribution is -0.229. The van der Waals surface area contributed by atoms with Crippen molar-refractivity contribution in [1.29, 1.82) is 0 Å². The Kier molecular flexibility index (Phi) is 35.3. The number of rotatable bonds is 6. The van der Waals surface area contributed by atoms with Crippen LogP contribution in [0.2, 0.25) is 0 Å². The zero-order valence-electron chi connectivity index (χ0n) is 45.5. The lowest BCUT2D eigenvalue weighted by Crippen LogP contribution is -2.63. The second-order valence-corrected chi connectivity index (χ2v) is 46.4. The van der Waals surface area contributed by atoms with Crippen molar-refractivity contribution >= 4 is 199 Å². The van der Waals surface area contributed by atoms with Gasteiger partial charge in [-0.2, -0.15) is 13.2 Å². The van der Waals surface area contributed by atoms with Gasteiger partial charge in [0.25, 0.3) is 0 Å². The van der Waals surface area contributed by atoms with Gasteiger partial charge in [0.2, 0.25) is 0 Å². The van der Waals surface area contributed by atoms with Crippen molar-refractivity contribution < 1.29 is 61.9 Å². The van der Waals surface area contributed by atoms with Crippen LogP contribution < -0.4 is 0 Å². The number of halogens is 3. The van der Waals surface area contributed by atoms with E-state index in [0.29, 0.717) is 44.3 Å². The number of carboxylic acids is 1. The van der Waals surface area contributed by atoms with E-state index < -0.39 is 81.4 Å². The second-order valence-electron chi connectivity index (χ2n) is 21.6. The molecule has 6 rings (SSSR count). The number of Topliss-reactive ketones (excluding diaryl/α,β-unsaturated/α-hetero) is 2. The summed E-state index contributed by atoms with van der Waals surface area (Å²) in [7, 11) is 21.8. The first kappa shape index (κ1) is 78.9. The number of carboxylic acid groups (broad SMARTS) is 1. The predicted molar refractivity (Wildman–Crippen MR) is 363 cm³/mol. The predicted octanol–water partition coefficient (Wildman–Crippen LogP) is 9.83. The van der Waals surface area contributed by atoms with E-state index in [4.69, 9.17) is 14.6 Å². The molecule has 31 heteroatoms. The number of esters is 2. The van der Waals surface area contributed by atoms with Crippen LogP contribution in [0.1, 0.15) is 154 Å². The summed E-state index contributed by atoms with van der Waals surface area (Å²) in [5, 5.41) is 30.4. The summed E-state index contributed by atoms with van der Waals surface area (Å²) in [5.41, 5.74) is -3.50. The molecule has 0 amide bonds. The normalized spacial score (nSPS) is 36.0. The molecule has 16 atom stereocenters. The molecule has 3 N–H and O–H groups in total. The Morgan fingerprint density at radius 2 is 1.02 bits per heavy atom. The number of aliphatic hydroxyl groups is 2. The molecule has 0 aromatic carbocycles. The van der Waals surface area contributed by atoms with Crippen molar-refractivity contribution in [3.63, 3.8) is 0 Å². The van der Waals surface area contributed by atoms with Crippen LogP contribution in [0.15, 0.2) is 25.3 Å². The Balaban J connectivity index is 0.000000574. The summed E-state index contributed by atoms with van der Waals surface area (Å²) >= 11 is 18.5. The van der Waals surface area contributed by atoms with Gasteiger partial charge < -0.3 is 24.8 Å². The molecule has 10 nitrogen and oxygen atoms in total. The van der Waals surface area contributed by atoms with E-state index in [1.54, 1.807) is 116 Å². The van der Waals surface area contributed by atoms with Crippen LogP contribution in [0.5, 0.6) is 0 Å². The molecule has 6 aliphatic carbocycles. The number of hydrogen-bond donors (Lipinski definition) is 3. The average molecular weight is 1460 g/mol. The highest BCUT2D eigenvalue weighted by atomic mass is 33.4. The Hall–Kier alpha value is 0.900. The molecule has 6 aliphatic rings. The Morgan fingerprint density at radius 3 is 1.40 bits per heavy atom. The number of carbonyl (C=O) groups excluding carboxylic acids is 4. The fourth-order valence-corrected chi connectivity index (χ4v) is 41.1. The SMILES string of the molecule is C.C=C[C@@]1(C)C[C@@H](O)[C@@]2(C)C3C(=O)CC[C@]3(CC[C@H]2C)[C@@H](C)[C@@H]1OC(=O)C(F)(F)F.C=C[C@@]1(C)C[C@@H](OC(=O)CC)[C@@]2(C)C3C(=O)CC[C@]3(CC[C@H]2C)[C@@H](C)[C@@H]1O.CCC(=O)O.S=S=S=S=S=S=S=S.S=S=S=S=S=S=S=S=S=S. The minimum absolute atomic E-state index is 0. The van der Waals surface area contributed by atoms with Crippen LogP contribution in [-0.2, 0) is 203 Å². The average Bonchev–Trinajstić information content (AvgIpc) is 3.96. The summed E-state index contributed by atoms with van der Waals surface area (Å²) in [6.45, 7) is 27.2. The maximum atomic E-state index is 13.2.